The topological polar surface area (TPSA) is 68.6 Å². The second-order valence-corrected chi connectivity index (χ2v) is 7.74. The van der Waals surface area contributed by atoms with Crippen LogP contribution in [0.1, 0.15) is 21.6 Å². The van der Waals surface area contributed by atoms with Gasteiger partial charge >= 0.3 is 0 Å². The minimum Gasteiger partial charge on any atom is -0.497 e. The van der Waals surface area contributed by atoms with E-state index < -0.39 is 0 Å². The second-order valence-electron chi connectivity index (χ2n) is 7.74. The van der Waals surface area contributed by atoms with E-state index in [-0.39, 0.29) is 5.91 Å². The van der Waals surface area contributed by atoms with Crippen LogP contribution in [0, 0.1) is 13.8 Å². The lowest BCUT2D eigenvalue weighted by atomic mass is 10.1. The van der Waals surface area contributed by atoms with E-state index in [1.165, 1.54) is 0 Å². The fraction of sp³-hybridized carbons (Fsp3) is 0.333. The van der Waals surface area contributed by atoms with Gasteiger partial charge in [-0.1, -0.05) is 17.7 Å². The summed E-state index contributed by atoms with van der Waals surface area (Å²) in [5, 5.41) is 7.78. The summed E-state index contributed by atoms with van der Waals surface area (Å²) in [5.41, 5.74) is 4.97. The van der Waals surface area contributed by atoms with Crippen LogP contribution in [-0.2, 0) is 0 Å². The molecule has 31 heavy (non-hydrogen) atoms. The normalized spacial score (nSPS) is 10.9. The predicted molar refractivity (Wildman–Crippen MR) is 122 cm³/mol. The van der Waals surface area contributed by atoms with Crippen LogP contribution in [-0.4, -0.2) is 62.0 Å². The Morgan fingerprint density at radius 1 is 1.06 bits per heavy atom. The summed E-state index contributed by atoms with van der Waals surface area (Å²) in [7, 11) is 7.16. The van der Waals surface area contributed by atoms with Crippen molar-refractivity contribution in [3.05, 3.63) is 59.3 Å². The number of nitrogens with zero attached hydrogens (tertiary/aromatic N) is 3. The summed E-state index contributed by atoms with van der Waals surface area (Å²) in [5.74, 6) is 1.15. The summed E-state index contributed by atoms with van der Waals surface area (Å²) in [4.78, 5) is 15.1. The number of hydrogen-bond donors (Lipinski definition) is 1. The molecule has 1 heterocycles. The first-order chi connectivity index (χ1) is 14.8. The predicted octanol–water partition coefficient (Wildman–Crippen LogP) is 3.46. The molecule has 7 heteroatoms. The minimum absolute atomic E-state index is 0.173. The Labute approximate surface area is 183 Å². The third kappa shape index (κ3) is 5.06. The number of rotatable bonds is 8. The number of carbonyl (C=O) groups is 1. The van der Waals surface area contributed by atoms with Gasteiger partial charge in [-0.15, -0.1) is 0 Å². The zero-order valence-electron chi connectivity index (χ0n) is 19.0. The largest absolute Gasteiger partial charge is 0.497 e. The number of carbonyl (C=O) groups excluding carboxylic acids is 1. The number of amides is 1. The van der Waals surface area contributed by atoms with Crippen molar-refractivity contribution in [3.8, 4) is 28.4 Å². The molecule has 0 fully saturated rings. The highest BCUT2D eigenvalue weighted by atomic mass is 16.5. The Kier molecular flexibility index (Phi) is 6.97. The first-order valence-corrected chi connectivity index (χ1v) is 10.2. The molecule has 0 aliphatic carbocycles. The van der Waals surface area contributed by atoms with E-state index in [1.54, 1.807) is 25.0 Å². The Hall–Kier alpha value is -3.32. The molecular formula is C24H30N4O3. The number of aryl methyl sites for hydroxylation is 2. The molecule has 0 aliphatic heterocycles. The van der Waals surface area contributed by atoms with Gasteiger partial charge in [-0.05, 0) is 57.8 Å². The number of methoxy groups -OCH3 is 2. The average Bonchev–Trinajstić information content (AvgIpc) is 3.17. The Bertz CT molecular complexity index is 1070. The summed E-state index contributed by atoms with van der Waals surface area (Å²) in [6, 6.07) is 13.4. The zero-order valence-corrected chi connectivity index (χ0v) is 19.0. The molecule has 7 nitrogen and oxygen atoms in total. The van der Waals surface area contributed by atoms with E-state index in [0.29, 0.717) is 29.4 Å². The maximum Gasteiger partial charge on any atom is 0.270 e. The first kappa shape index (κ1) is 22.4. The number of ether oxygens (including phenoxy) is 2. The highest BCUT2D eigenvalue weighted by Crippen LogP contribution is 2.33. The molecule has 3 aromatic rings. The molecule has 0 bridgehead atoms. The lowest BCUT2D eigenvalue weighted by molar-refractivity contribution is 0.0943. The third-order valence-corrected chi connectivity index (χ3v) is 5.05. The van der Waals surface area contributed by atoms with E-state index in [2.05, 4.69) is 11.4 Å². The van der Waals surface area contributed by atoms with E-state index in [9.17, 15) is 4.79 Å². The van der Waals surface area contributed by atoms with Crippen molar-refractivity contribution in [2.45, 2.75) is 13.8 Å². The van der Waals surface area contributed by atoms with Crippen LogP contribution >= 0.6 is 0 Å². The van der Waals surface area contributed by atoms with Gasteiger partial charge in [-0.25, -0.2) is 4.68 Å². The molecule has 0 atom stereocenters. The van der Waals surface area contributed by atoms with Crippen LogP contribution in [0.5, 0.6) is 11.5 Å². The Balaban J connectivity index is 2.09. The molecule has 0 unspecified atom stereocenters. The number of benzene rings is 2. The minimum atomic E-state index is -0.173. The van der Waals surface area contributed by atoms with E-state index in [4.69, 9.17) is 14.6 Å². The van der Waals surface area contributed by atoms with E-state index in [0.717, 1.165) is 28.9 Å². The summed E-state index contributed by atoms with van der Waals surface area (Å²) < 4.78 is 12.6. The SMILES string of the molecule is COc1ccc(-c2cc(C(=O)NCCN(C)C)n(-c3ccc(C)cc3C)n2)c(OC)c1. The summed E-state index contributed by atoms with van der Waals surface area (Å²) in [6.07, 6.45) is 0. The van der Waals surface area contributed by atoms with Crippen molar-refractivity contribution in [2.75, 3.05) is 41.4 Å². The third-order valence-electron chi connectivity index (χ3n) is 5.05. The van der Waals surface area contributed by atoms with Crippen molar-refractivity contribution in [2.24, 2.45) is 0 Å². The molecular weight excluding hydrogens is 392 g/mol. The number of nitrogens with one attached hydrogen (secondary N) is 1. The fourth-order valence-electron chi connectivity index (χ4n) is 3.39. The van der Waals surface area contributed by atoms with Crippen molar-refractivity contribution in [3.63, 3.8) is 0 Å². The molecule has 164 valence electrons. The zero-order chi connectivity index (χ0) is 22.5. The van der Waals surface area contributed by atoms with Gasteiger partial charge in [0, 0.05) is 24.7 Å². The van der Waals surface area contributed by atoms with Crippen molar-refractivity contribution in [1.29, 1.82) is 0 Å². The summed E-state index contributed by atoms with van der Waals surface area (Å²) in [6.45, 7) is 5.36. The highest BCUT2D eigenvalue weighted by molar-refractivity contribution is 5.94. The van der Waals surface area contributed by atoms with Crippen molar-refractivity contribution in [1.82, 2.24) is 20.0 Å². The molecule has 0 aliphatic rings. The fourth-order valence-corrected chi connectivity index (χ4v) is 3.39. The van der Waals surface area contributed by atoms with Crippen LogP contribution in [0.4, 0.5) is 0 Å². The van der Waals surface area contributed by atoms with Gasteiger partial charge in [0.2, 0.25) is 0 Å². The average molecular weight is 423 g/mol. The smallest absolute Gasteiger partial charge is 0.270 e. The molecule has 3 rings (SSSR count). The van der Waals surface area contributed by atoms with Crippen LogP contribution in [0.3, 0.4) is 0 Å². The molecule has 0 saturated carbocycles. The Morgan fingerprint density at radius 2 is 1.84 bits per heavy atom. The van der Waals surface area contributed by atoms with Crippen LogP contribution in [0.2, 0.25) is 0 Å². The molecule has 2 aromatic carbocycles. The van der Waals surface area contributed by atoms with Gasteiger partial charge in [0.25, 0.3) is 5.91 Å². The van der Waals surface area contributed by atoms with Gasteiger partial charge in [0.15, 0.2) is 0 Å². The van der Waals surface area contributed by atoms with Gasteiger partial charge < -0.3 is 19.7 Å². The Morgan fingerprint density at radius 3 is 2.48 bits per heavy atom. The summed E-state index contributed by atoms with van der Waals surface area (Å²) >= 11 is 0. The van der Waals surface area contributed by atoms with Crippen molar-refractivity contribution >= 4 is 5.91 Å². The molecule has 0 saturated heterocycles. The molecule has 0 radical (unpaired) electrons. The lowest BCUT2D eigenvalue weighted by Crippen LogP contribution is -2.32. The highest BCUT2D eigenvalue weighted by Gasteiger charge is 2.20. The van der Waals surface area contributed by atoms with Crippen LogP contribution in [0.25, 0.3) is 16.9 Å². The molecule has 1 aromatic heterocycles. The van der Waals surface area contributed by atoms with Crippen LogP contribution in [0.15, 0.2) is 42.5 Å². The van der Waals surface area contributed by atoms with Gasteiger partial charge in [0.1, 0.15) is 17.2 Å². The van der Waals surface area contributed by atoms with Crippen LogP contribution < -0.4 is 14.8 Å². The van der Waals surface area contributed by atoms with E-state index in [1.807, 2.05) is 63.2 Å². The molecule has 0 spiro atoms. The lowest BCUT2D eigenvalue weighted by Gasteiger charge is -2.13. The second kappa shape index (κ2) is 9.66. The van der Waals surface area contributed by atoms with Gasteiger partial charge in [0.05, 0.1) is 25.6 Å². The molecule has 1 N–H and O–H groups in total. The van der Waals surface area contributed by atoms with Crippen molar-refractivity contribution < 1.29 is 14.3 Å². The van der Waals surface area contributed by atoms with Gasteiger partial charge in [-0.3, -0.25) is 4.79 Å². The number of aromatic nitrogens is 2. The maximum absolute atomic E-state index is 13.1. The quantitative estimate of drug-likeness (QED) is 0.602. The first-order valence-electron chi connectivity index (χ1n) is 10.2. The van der Waals surface area contributed by atoms with E-state index >= 15 is 0 Å². The van der Waals surface area contributed by atoms with Gasteiger partial charge in [-0.2, -0.15) is 5.10 Å². The monoisotopic (exact) mass is 422 g/mol. The molecule has 1 amide bonds. The number of hydrogen-bond acceptors (Lipinski definition) is 5. The maximum atomic E-state index is 13.1. The number of likely N-dealkylation sites (N-methyl/N-ethyl adjacent to an activating group) is 1. The standard InChI is InChI=1S/C24H30N4O3/c1-16-7-10-21(17(2)13-16)28-22(24(29)25-11-12-27(3)4)15-20(26-28)19-9-8-18(30-5)14-23(19)31-6/h7-10,13-15H,11-12H2,1-6H3,(H,25,29).